The average molecular weight is 252 g/mol. The van der Waals surface area contributed by atoms with E-state index in [0.29, 0.717) is 6.04 Å². The highest BCUT2D eigenvalue weighted by Gasteiger charge is 2.15. The average Bonchev–Trinajstić information content (AvgIpc) is 2.81. The molecule has 0 spiro atoms. The second kappa shape index (κ2) is 8.33. The summed E-state index contributed by atoms with van der Waals surface area (Å²) in [5, 5.41) is 3.16. The van der Waals surface area contributed by atoms with Crippen molar-refractivity contribution in [3.63, 3.8) is 0 Å². The molecular weight excluding hydrogens is 224 g/mol. The normalized spacial score (nSPS) is 13.2. The van der Waals surface area contributed by atoms with Gasteiger partial charge in [-0.25, -0.2) is 0 Å². The zero-order valence-electron chi connectivity index (χ0n) is 12.3. The fourth-order valence-corrected chi connectivity index (χ4v) is 2.12. The Morgan fingerprint density at radius 3 is 2.78 bits per heavy atom. The highest BCUT2D eigenvalue weighted by atomic mass is 16.3. The van der Waals surface area contributed by atoms with Crippen molar-refractivity contribution in [2.45, 2.75) is 59.2 Å². The third-order valence-corrected chi connectivity index (χ3v) is 3.56. The number of furan rings is 1. The molecular formula is C15H28N2O. The molecule has 1 unspecified atom stereocenters. The van der Waals surface area contributed by atoms with Gasteiger partial charge in [-0.1, -0.05) is 20.3 Å². The van der Waals surface area contributed by atoms with Gasteiger partial charge in [0.25, 0.3) is 0 Å². The van der Waals surface area contributed by atoms with Crippen molar-refractivity contribution in [1.29, 1.82) is 0 Å². The molecule has 0 bridgehead atoms. The summed E-state index contributed by atoms with van der Waals surface area (Å²) < 4.78 is 5.53. The molecule has 104 valence electrons. The third-order valence-electron chi connectivity index (χ3n) is 3.56. The van der Waals surface area contributed by atoms with Crippen LogP contribution in [0.15, 0.2) is 16.7 Å². The zero-order chi connectivity index (χ0) is 13.4. The van der Waals surface area contributed by atoms with Crippen LogP contribution in [0.4, 0.5) is 0 Å². The lowest BCUT2D eigenvalue weighted by Gasteiger charge is -2.28. The van der Waals surface area contributed by atoms with Gasteiger partial charge in [-0.3, -0.25) is 4.90 Å². The first kappa shape index (κ1) is 15.3. The van der Waals surface area contributed by atoms with Crippen LogP contribution in [0.25, 0.3) is 0 Å². The highest BCUT2D eigenvalue weighted by molar-refractivity contribution is 5.17. The highest BCUT2D eigenvalue weighted by Crippen LogP contribution is 2.16. The van der Waals surface area contributed by atoms with Crippen LogP contribution in [-0.4, -0.2) is 24.5 Å². The third kappa shape index (κ3) is 4.46. The van der Waals surface area contributed by atoms with Crippen LogP contribution in [-0.2, 0) is 13.1 Å². The van der Waals surface area contributed by atoms with Crippen molar-refractivity contribution < 1.29 is 4.42 Å². The van der Waals surface area contributed by atoms with Crippen LogP contribution in [0.1, 0.15) is 51.4 Å². The predicted octanol–water partition coefficient (Wildman–Crippen LogP) is 3.40. The largest absolute Gasteiger partial charge is 0.468 e. The molecule has 3 nitrogen and oxygen atoms in total. The van der Waals surface area contributed by atoms with Crippen LogP contribution in [0.5, 0.6) is 0 Å². The van der Waals surface area contributed by atoms with Crippen molar-refractivity contribution in [3.8, 4) is 0 Å². The summed E-state index contributed by atoms with van der Waals surface area (Å²) >= 11 is 0. The number of unbranched alkanes of at least 4 members (excludes halogenated alkanes) is 1. The Hall–Kier alpha value is -0.800. The molecule has 0 amide bonds. The van der Waals surface area contributed by atoms with E-state index in [4.69, 9.17) is 4.42 Å². The number of nitrogens with one attached hydrogen (secondary N) is 1. The van der Waals surface area contributed by atoms with Crippen LogP contribution in [0.3, 0.4) is 0 Å². The monoisotopic (exact) mass is 252 g/mol. The topological polar surface area (TPSA) is 28.4 Å². The van der Waals surface area contributed by atoms with Gasteiger partial charge in [-0.2, -0.15) is 0 Å². The Kier molecular flexibility index (Phi) is 7.06. The van der Waals surface area contributed by atoms with E-state index in [9.17, 15) is 0 Å². The lowest BCUT2D eigenvalue weighted by Crippen LogP contribution is -2.33. The van der Waals surface area contributed by atoms with Crippen LogP contribution >= 0.6 is 0 Å². The molecule has 1 aromatic rings. The SMILES string of the molecule is CCCCN(Cc1ccoc1CNC)C(C)CC. The molecule has 18 heavy (non-hydrogen) atoms. The Bertz CT molecular complexity index is 322. The molecule has 0 fully saturated rings. The van der Waals surface area contributed by atoms with Crippen LogP contribution in [0, 0.1) is 0 Å². The molecule has 0 aliphatic heterocycles. The summed E-state index contributed by atoms with van der Waals surface area (Å²) in [6, 6.07) is 2.74. The molecule has 0 saturated heterocycles. The Labute approximate surface area is 112 Å². The van der Waals surface area contributed by atoms with Gasteiger partial charge in [0, 0.05) is 18.2 Å². The molecule has 1 heterocycles. The van der Waals surface area contributed by atoms with E-state index in [1.807, 2.05) is 7.05 Å². The van der Waals surface area contributed by atoms with Crippen molar-refractivity contribution in [2.75, 3.05) is 13.6 Å². The molecule has 1 aromatic heterocycles. The van der Waals surface area contributed by atoms with Crippen molar-refractivity contribution in [1.82, 2.24) is 10.2 Å². The van der Waals surface area contributed by atoms with Crippen molar-refractivity contribution in [3.05, 3.63) is 23.7 Å². The molecule has 1 N–H and O–H groups in total. The first-order valence-corrected chi connectivity index (χ1v) is 7.16. The molecule has 0 aliphatic carbocycles. The smallest absolute Gasteiger partial charge is 0.122 e. The van der Waals surface area contributed by atoms with Crippen molar-refractivity contribution in [2.24, 2.45) is 0 Å². The van der Waals surface area contributed by atoms with Gasteiger partial charge in [0.05, 0.1) is 12.8 Å². The second-order valence-corrected chi connectivity index (χ2v) is 4.98. The predicted molar refractivity (Wildman–Crippen MR) is 76.5 cm³/mol. The van der Waals surface area contributed by atoms with E-state index in [1.54, 1.807) is 6.26 Å². The first-order chi connectivity index (χ1) is 8.72. The Morgan fingerprint density at radius 2 is 2.17 bits per heavy atom. The van der Waals surface area contributed by atoms with Crippen LogP contribution < -0.4 is 5.32 Å². The number of hydrogen-bond acceptors (Lipinski definition) is 3. The Morgan fingerprint density at radius 1 is 1.39 bits per heavy atom. The maximum atomic E-state index is 5.53. The van der Waals surface area contributed by atoms with Gasteiger partial charge in [-0.15, -0.1) is 0 Å². The summed E-state index contributed by atoms with van der Waals surface area (Å²) in [5.74, 6) is 1.07. The first-order valence-electron chi connectivity index (χ1n) is 7.16. The van der Waals surface area contributed by atoms with E-state index in [2.05, 4.69) is 37.1 Å². The zero-order valence-corrected chi connectivity index (χ0v) is 12.3. The minimum Gasteiger partial charge on any atom is -0.468 e. The minimum absolute atomic E-state index is 0.633. The number of rotatable bonds is 9. The van der Waals surface area contributed by atoms with E-state index in [-0.39, 0.29) is 0 Å². The lowest BCUT2D eigenvalue weighted by molar-refractivity contribution is 0.191. The Balaban J connectivity index is 2.65. The summed E-state index contributed by atoms with van der Waals surface area (Å²) in [7, 11) is 1.95. The van der Waals surface area contributed by atoms with E-state index >= 15 is 0 Å². The molecule has 0 radical (unpaired) electrons. The molecule has 1 rings (SSSR count). The fourth-order valence-electron chi connectivity index (χ4n) is 2.12. The van der Waals surface area contributed by atoms with Crippen LogP contribution in [0.2, 0.25) is 0 Å². The molecule has 0 saturated carbocycles. The molecule has 0 aliphatic rings. The van der Waals surface area contributed by atoms with Gasteiger partial charge in [0.1, 0.15) is 5.76 Å². The van der Waals surface area contributed by atoms with Gasteiger partial charge < -0.3 is 9.73 Å². The summed E-state index contributed by atoms with van der Waals surface area (Å²) in [6.07, 6.45) is 5.52. The van der Waals surface area contributed by atoms with E-state index in [0.717, 1.165) is 18.8 Å². The quantitative estimate of drug-likeness (QED) is 0.730. The minimum atomic E-state index is 0.633. The van der Waals surface area contributed by atoms with Gasteiger partial charge in [0.2, 0.25) is 0 Å². The maximum Gasteiger partial charge on any atom is 0.122 e. The summed E-state index contributed by atoms with van der Waals surface area (Å²) in [6.45, 7) is 9.81. The van der Waals surface area contributed by atoms with Gasteiger partial charge in [-0.05, 0) is 39.4 Å². The number of hydrogen-bond donors (Lipinski definition) is 1. The van der Waals surface area contributed by atoms with Gasteiger partial charge in [0.15, 0.2) is 0 Å². The standard InChI is InChI=1S/C15H28N2O/c1-5-7-9-17(13(3)6-2)12-14-8-10-18-15(14)11-16-4/h8,10,13,16H,5-7,9,11-12H2,1-4H3. The number of nitrogens with zero attached hydrogens (tertiary/aromatic N) is 1. The fraction of sp³-hybridized carbons (Fsp3) is 0.733. The lowest BCUT2D eigenvalue weighted by atomic mass is 10.1. The summed E-state index contributed by atoms with van der Waals surface area (Å²) in [5.41, 5.74) is 1.32. The molecule has 1 atom stereocenters. The van der Waals surface area contributed by atoms with Crippen molar-refractivity contribution >= 4 is 0 Å². The van der Waals surface area contributed by atoms with E-state index < -0.39 is 0 Å². The molecule has 0 aromatic carbocycles. The van der Waals surface area contributed by atoms with E-state index in [1.165, 1.54) is 31.4 Å². The van der Waals surface area contributed by atoms with Gasteiger partial charge >= 0.3 is 0 Å². The maximum absolute atomic E-state index is 5.53. The second-order valence-electron chi connectivity index (χ2n) is 4.98. The summed E-state index contributed by atoms with van der Waals surface area (Å²) in [4.78, 5) is 2.56. The molecule has 3 heteroatoms.